The number of methoxy groups -OCH3 is 1. The van der Waals surface area contributed by atoms with E-state index in [9.17, 15) is 23.1 Å². The quantitative estimate of drug-likeness (QED) is 0.503. The number of hydrogen-bond donors (Lipinski definition) is 2. The van der Waals surface area contributed by atoms with Gasteiger partial charge in [-0.1, -0.05) is 12.1 Å². The molecule has 2 N–H and O–H groups in total. The van der Waals surface area contributed by atoms with Crippen LogP contribution in [0.1, 0.15) is 18.3 Å². The highest BCUT2D eigenvalue weighted by Crippen LogP contribution is 2.31. The summed E-state index contributed by atoms with van der Waals surface area (Å²) in [5.74, 6) is -1.61. The number of hydrazone groups is 1. The summed E-state index contributed by atoms with van der Waals surface area (Å²) in [5, 5.41) is 13.9. The number of phenolic OH excluding ortho intramolecular Hbond substituents is 1. The molecule has 152 valence electrons. The number of rotatable bonds is 5. The molecule has 0 unspecified atom stereocenters. The molecule has 0 aliphatic rings. The van der Waals surface area contributed by atoms with Gasteiger partial charge < -0.3 is 14.4 Å². The van der Waals surface area contributed by atoms with Crippen LogP contribution in [0.25, 0.3) is 11.0 Å². The van der Waals surface area contributed by atoms with E-state index in [2.05, 4.69) is 15.5 Å². The van der Waals surface area contributed by atoms with Gasteiger partial charge in [-0.3, -0.25) is 4.79 Å². The Hall–Kier alpha value is -3.56. The van der Waals surface area contributed by atoms with Crippen LogP contribution in [0.15, 0.2) is 47.6 Å². The molecule has 0 fully saturated rings. The maximum Gasteiger partial charge on any atom is 0.449 e. The molecule has 0 aliphatic carbocycles. The molecule has 0 spiro atoms. The van der Waals surface area contributed by atoms with E-state index in [4.69, 9.17) is 4.74 Å². The first-order valence-electron chi connectivity index (χ1n) is 8.43. The van der Waals surface area contributed by atoms with E-state index in [1.807, 2.05) is 0 Å². The first kappa shape index (κ1) is 20.2. The molecule has 1 aromatic heterocycles. The number of carbonyl (C=O) groups is 1. The molecule has 0 saturated heterocycles. The number of imidazole rings is 1. The van der Waals surface area contributed by atoms with E-state index in [0.717, 1.165) is 4.57 Å². The van der Waals surface area contributed by atoms with Gasteiger partial charge in [0, 0.05) is 11.6 Å². The van der Waals surface area contributed by atoms with Crippen LogP contribution in [-0.2, 0) is 17.5 Å². The van der Waals surface area contributed by atoms with Crippen molar-refractivity contribution < 1.29 is 27.8 Å². The summed E-state index contributed by atoms with van der Waals surface area (Å²) in [5.41, 5.74) is 3.14. The van der Waals surface area contributed by atoms with E-state index in [-0.39, 0.29) is 22.5 Å². The van der Waals surface area contributed by atoms with E-state index in [0.29, 0.717) is 11.3 Å². The van der Waals surface area contributed by atoms with Crippen LogP contribution in [0, 0.1) is 0 Å². The zero-order chi connectivity index (χ0) is 21.2. The number of carbonyl (C=O) groups excluding carboxylic acids is 1. The molecule has 0 aliphatic heterocycles. The zero-order valence-corrected chi connectivity index (χ0v) is 15.5. The van der Waals surface area contributed by atoms with Crippen molar-refractivity contribution in [3.8, 4) is 11.5 Å². The number of ether oxygens (including phenoxy) is 1. The molecular weight excluding hydrogens is 389 g/mol. The first-order valence-corrected chi connectivity index (χ1v) is 8.43. The lowest BCUT2D eigenvalue weighted by Gasteiger charge is -2.11. The maximum atomic E-state index is 13.3. The third kappa shape index (κ3) is 4.31. The van der Waals surface area contributed by atoms with E-state index in [1.165, 1.54) is 32.2 Å². The summed E-state index contributed by atoms with van der Waals surface area (Å²) in [7, 11) is 1.45. The number of alkyl halides is 3. The summed E-state index contributed by atoms with van der Waals surface area (Å²) in [6, 6.07) is 10.5. The number of aromatic nitrogens is 2. The number of benzene rings is 2. The minimum absolute atomic E-state index is 0.111. The number of nitrogens with zero attached hydrogens (tertiary/aromatic N) is 3. The minimum atomic E-state index is -4.71. The highest BCUT2D eigenvalue weighted by Gasteiger charge is 2.38. The van der Waals surface area contributed by atoms with Crippen molar-refractivity contribution in [1.29, 1.82) is 0 Å². The highest BCUT2D eigenvalue weighted by atomic mass is 19.4. The molecular formula is C19H17F3N4O3. The van der Waals surface area contributed by atoms with Crippen LogP contribution < -0.4 is 10.2 Å². The summed E-state index contributed by atoms with van der Waals surface area (Å²) in [6.07, 6.45) is -4.71. The standard InChI is InChI=1S/C19H17F3N4O3/c1-11(13-8-7-12(29-2)9-16(13)27)24-25-17(28)10-26-15-6-4-3-5-14(15)23-18(26)19(20,21)22/h3-9,27H,10H2,1-2H3,(H,25,28). The Balaban J connectivity index is 1.82. The predicted molar refractivity (Wildman–Crippen MR) is 99.7 cm³/mol. The average molecular weight is 406 g/mol. The number of phenols is 1. The second-order valence-electron chi connectivity index (χ2n) is 6.12. The monoisotopic (exact) mass is 406 g/mol. The van der Waals surface area contributed by atoms with Gasteiger partial charge in [0.05, 0.1) is 23.9 Å². The molecule has 0 radical (unpaired) electrons. The smallest absolute Gasteiger partial charge is 0.449 e. The van der Waals surface area contributed by atoms with Gasteiger partial charge in [-0.2, -0.15) is 18.3 Å². The largest absolute Gasteiger partial charge is 0.507 e. The van der Waals surface area contributed by atoms with Gasteiger partial charge in [-0.05, 0) is 31.2 Å². The molecule has 0 saturated carbocycles. The summed E-state index contributed by atoms with van der Waals surface area (Å²) < 4.78 is 45.7. The lowest BCUT2D eigenvalue weighted by molar-refractivity contribution is -0.147. The van der Waals surface area contributed by atoms with Crippen LogP contribution in [0.3, 0.4) is 0 Å². The Bertz CT molecular complexity index is 1090. The van der Waals surface area contributed by atoms with Gasteiger partial charge in [0.1, 0.15) is 18.0 Å². The van der Waals surface area contributed by atoms with Crippen molar-refractivity contribution in [2.75, 3.05) is 7.11 Å². The Morgan fingerprint density at radius 3 is 2.66 bits per heavy atom. The Kier molecular flexibility index (Phi) is 5.44. The predicted octanol–water partition coefficient (Wildman–Crippen LogP) is 3.31. The van der Waals surface area contributed by atoms with Crippen molar-refractivity contribution in [2.24, 2.45) is 5.10 Å². The van der Waals surface area contributed by atoms with E-state index >= 15 is 0 Å². The van der Waals surface area contributed by atoms with E-state index in [1.54, 1.807) is 24.3 Å². The SMILES string of the molecule is COc1ccc(C(C)=NNC(=O)Cn2c(C(F)(F)F)nc3ccccc32)c(O)c1. The normalized spacial score (nSPS) is 12.2. The van der Waals surface area contributed by atoms with E-state index < -0.39 is 24.5 Å². The molecule has 1 heterocycles. The molecule has 3 rings (SSSR count). The summed E-state index contributed by atoms with van der Waals surface area (Å²) >= 11 is 0. The zero-order valence-electron chi connectivity index (χ0n) is 15.5. The fraction of sp³-hybridized carbons (Fsp3) is 0.211. The van der Waals surface area contributed by atoms with Crippen molar-refractivity contribution in [1.82, 2.24) is 15.0 Å². The van der Waals surface area contributed by atoms with Crippen LogP contribution in [0.2, 0.25) is 0 Å². The van der Waals surface area contributed by atoms with Crippen molar-refractivity contribution >= 4 is 22.7 Å². The van der Waals surface area contributed by atoms with Gasteiger partial charge in [0.2, 0.25) is 5.82 Å². The molecule has 10 heteroatoms. The molecule has 0 bridgehead atoms. The van der Waals surface area contributed by atoms with Crippen molar-refractivity contribution in [2.45, 2.75) is 19.6 Å². The maximum absolute atomic E-state index is 13.3. The summed E-state index contributed by atoms with van der Waals surface area (Å²) in [4.78, 5) is 15.8. The molecule has 2 aromatic carbocycles. The second-order valence-corrected chi connectivity index (χ2v) is 6.12. The van der Waals surface area contributed by atoms with Gasteiger partial charge in [0.15, 0.2) is 0 Å². The average Bonchev–Trinajstić information content (AvgIpc) is 3.05. The topological polar surface area (TPSA) is 88.7 Å². The summed E-state index contributed by atoms with van der Waals surface area (Å²) in [6.45, 7) is 0.913. The first-order chi connectivity index (χ1) is 13.7. The number of fused-ring (bicyclic) bond motifs is 1. The number of nitrogens with one attached hydrogen (secondary N) is 1. The fourth-order valence-electron chi connectivity index (χ4n) is 2.78. The minimum Gasteiger partial charge on any atom is -0.507 e. The third-order valence-corrected chi connectivity index (χ3v) is 4.15. The number of hydrogen-bond acceptors (Lipinski definition) is 5. The van der Waals surface area contributed by atoms with Crippen LogP contribution in [0.4, 0.5) is 13.2 Å². The molecule has 1 amide bonds. The number of aromatic hydroxyl groups is 1. The third-order valence-electron chi connectivity index (χ3n) is 4.15. The van der Waals surface area contributed by atoms with Gasteiger partial charge in [-0.25, -0.2) is 10.4 Å². The van der Waals surface area contributed by atoms with Crippen molar-refractivity contribution in [3.05, 3.63) is 53.9 Å². The number of halogens is 3. The van der Waals surface area contributed by atoms with Crippen LogP contribution in [0.5, 0.6) is 11.5 Å². The Morgan fingerprint density at radius 1 is 1.28 bits per heavy atom. The van der Waals surface area contributed by atoms with Gasteiger partial charge in [0.25, 0.3) is 5.91 Å². The highest BCUT2D eigenvalue weighted by molar-refractivity contribution is 6.01. The Labute approximate surface area is 163 Å². The van der Waals surface area contributed by atoms with Gasteiger partial charge >= 0.3 is 6.18 Å². The van der Waals surface area contributed by atoms with Crippen molar-refractivity contribution in [3.63, 3.8) is 0 Å². The molecule has 7 nitrogen and oxygen atoms in total. The van der Waals surface area contributed by atoms with Crippen LogP contribution in [-0.4, -0.2) is 33.4 Å². The van der Waals surface area contributed by atoms with Gasteiger partial charge in [-0.15, -0.1) is 0 Å². The lowest BCUT2D eigenvalue weighted by atomic mass is 10.1. The second kappa shape index (κ2) is 7.82. The van der Waals surface area contributed by atoms with Crippen LogP contribution >= 0.6 is 0 Å². The Morgan fingerprint density at radius 2 is 2.00 bits per heavy atom. The molecule has 0 atom stereocenters. The lowest BCUT2D eigenvalue weighted by Crippen LogP contribution is -2.27. The number of para-hydroxylation sites is 2. The number of amides is 1. The fourth-order valence-corrected chi connectivity index (χ4v) is 2.78. The molecule has 3 aromatic rings. The molecule has 29 heavy (non-hydrogen) atoms.